The fourth-order valence-corrected chi connectivity index (χ4v) is 1.48. The van der Waals surface area contributed by atoms with Crippen molar-refractivity contribution in [1.82, 2.24) is 9.07 Å². The summed E-state index contributed by atoms with van der Waals surface area (Å²) < 4.78 is 2.36. The number of fused-ring (bicyclic) bond motifs is 1. The lowest BCUT2D eigenvalue weighted by molar-refractivity contribution is 1.16. The van der Waals surface area contributed by atoms with Crippen molar-refractivity contribution in [2.24, 2.45) is 0 Å². The highest BCUT2D eigenvalue weighted by Crippen LogP contribution is 2.25. The molecule has 2 rings (SSSR count). The number of halogens is 2. The van der Waals surface area contributed by atoms with Crippen LogP contribution in [0.3, 0.4) is 0 Å². The van der Waals surface area contributed by atoms with E-state index in [0.29, 0.717) is 0 Å². The summed E-state index contributed by atoms with van der Waals surface area (Å²) in [5, 5.41) is 0. The zero-order valence-electron chi connectivity index (χ0n) is 5.46. The Balaban J connectivity index is 2.81. The Morgan fingerprint density at radius 1 is 1.36 bits per heavy atom. The number of pyridine rings is 1. The third-order valence-electron chi connectivity index (χ3n) is 1.49. The van der Waals surface area contributed by atoms with Gasteiger partial charge in [0, 0.05) is 18.0 Å². The van der Waals surface area contributed by atoms with E-state index in [2.05, 4.69) is 20.9 Å². The summed E-state index contributed by atoms with van der Waals surface area (Å²) in [6, 6.07) is 5.65. The van der Waals surface area contributed by atoms with Gasteiger partial charge in [-0.2, -0.15) is 0 Å². The van der Waals surface area contributed by atoms with Gasteiger partial charge in [0.1, 0.15) is 4.60 Å². The minimum atomic E-state index is 0.833. The molecule has 2 heterocycles. The highest BCUT2D eigenvalue weighted by atomic mass is 79.9. The Kier molecular flexibility index (Phi) is 1.62. The molecule has 11 heavy (non-hydrogen) atoms. The van der Waals surface area contributed by atoms with E-state index in [1.165, 1.54) is 4.09 Å². The van der Waals surface area contributed by atoms with E-state index in [-0.39, 0.29) is 0 Å². The quantitative estimate of drug-likeness (QED) is 0.638. The zero-order valence-corrected chi connectivity index (χ0v) is 7.80. The minimum Gasteiger partial charge on any atom is -0.255 e. The molecule has 0 bridgehead atoms. The van der Waals surface area contributed by atoms with Crippen molar-refractivity contribution in [3.8, 4) is 11.4 Å². The SMILES string of the molecule is Cln1c(Br)ccc2nccc1-2. The lowest BCUT2D eigenvalue weighted by Crippen LogP contribution is -1.90. The molecule has 2 aliphatic heterocycles. The van der Waals surface area contributed by atoms with E-state index in [0.717, 1.165) is 16.0 Å². The molecule has 0 N–H and O–H groups in total. The first kappa shape index (κ1) is 7.13. The molecule has 0 aromatic carbocycles. The molecule has 0 aromatic rings. The molecule has 0 saturated heterocycles. The maximum atomic E-state index is 5.90. The van der Waals surface area contributed by atoms with Crippen molar-refractivity contribution in [1.29, 1.82) is 0 Å². The van der Waals surface area contributed by atoms with Crippen molar-refractivity contribution in [3.63, 3.8) is 0 Å². The van der Waals surface area contributed by atoms with Gasteiger partial charge in [-0.15, -0.1) is 0 Å². The minimum absolute atomic E-state index is 0.833. The second kappa shape index (κ2) is 2.50. The fraction of sp³-hybridized carbons (Fsp3) is 0. The average molecular weight is 231 g/mol. The highest BCUT2D eigenvalue weighted by Gasteiger charge is 2.07. The van der Waals surface area contributed by atoms with Crippen LogP contribution in [0.15, 0.2) is 29.0 Å². The summed E-state index contributed by atoms with van der Waals surface area (Å²) in [6.07, 6.45) is 1.73. The van der Waals surface area contributed by atoms with Crippen LogP contribution in [-0.2, 0) is 0 Å². The Morgan fingerprint density at radius 2 is 2.18 bits per heavy atom. The van der Waals surface area contributed by atoms with Crippen LogP contribution in [0.5, 0.6) is 0 Å². The highest BCUT2D eigenvalue weighted by molar-refractivity contribution is 9.10. The second-order valence-electron chi connectivity index (χ2n) is 2.15. The Bertz CT molecular complexity index is 358. The number of aromatic nitrogens is 2. The van der Waals surface area contributed by atoms with Crippen LogP contribution in [0.1, 0.15) is 0 Å². The van der Waals surface area contributed by atoms with Crippen molar-refractivity contribution in [2.45, 2.75) is 0 Å². The summed E-state index contributed by atoms with van der Waals surface area (Å²) in [5.74, 6) is 0. The smallest absolute Gasteiger partial charge is 0.101 e. The second-order valence-corrected chi connectivity index (χ2v) is 3.30. The summed E-state index contributed by atoms with van der Waals surface area (Å²) in [5.41, 5.74) is 1.82. The molecule has 0 aromatic heterocycles. The average Bonchev–Trinajstić information content (AvgIpc) is 2.45. The molecular formula is C7H4BrClN2. The van der Waals surface area contributed by atoms with Crippen LogP contribution in [0.25, 0.3) is 11.4 Å². The van der Waals surface area contributed by atoms with E-state index in [4.69, 9.17) is 11.8 Å². The Morgan fingerprint density at radius 3 is 3.00 bits per heavy atom. The number of nitrogens with zero attached hydrogens (tertiary/aromatic N) is 2. The third-order valence-corrected chi connectivity index (χ3v) is 2.67. The van der Waals surface area contributed by atoms with E-state index in [1.54, 1.807) is 6.20 Å². The molecule has 0 amide bonds. The van der Waals surface area contributed by atoms with E-state index < -0.39 is 0 Å². The van der Waals surface area contributed by atoms with Crippen LogP contribution in [0, 0.1) is 0 Å². The molecule has 0 atom stereocenters. The molecule has 2 nitrogen and oxygen atoms in total. The van der Waals surface area contributed by atoms with E-state index in [1.807, 2.05) is 18.2 Å². The van der Waals surface area contributed by atoms with Crippen LogP contribution in [0.2, 0.25) is 0 Å². The maximum absolute atomic E-state index is 5.90. The van der Waals surface area contributed by atoms with Gasteiger partial charge in [-0.05, 0) is 34.1 Å². The maximum Gasteiger partial charge on any atom is 0.101 e. The van der Waals surface area contributed by atoms with Crippen molar-refractivity contribution in [2.75, 3.05) is 0 Å². The molecular weight excluding hydrogens is 227 g/mol. The largest absolute Gasteiger partial charge is 0.255 e. The first-order chi connectivity index (χ1) is 5.29. The summed E-state index contributed by atoms with van der Waals surface area (Å²) in [7, 11) is 0. The normalized spacial score (nSPS) is 10.7. The van der Waals surface area contributed by atoms with Crippen molar-refractivity contribution in [3.05, 3.63) is 29.0 Å². The van der Waals surface area contributed by atoms with Gasteiger partial charge >= 0.3 is 0 Å². The van der Waals surface area contributed by atoms with Crippen molar-refractivity contribution < 1.29 is 0 Å². The predicted molar refractivity (Wildman–Crippen MR) is 47.8 cm³/mol. The molecule has 0 spiro atoms. The van der Waals surface area contributed by atoms with Gasteiger partial charge in [0.15, 0.2) is 0 Å². The number of rotatable bonds is 0. The number of hydrogen-bond donors (Lipinski definition) is 0. The third kappa shape index (κ3) is 1.04. The summed E-state index contributed by atoms with van der Waals surface area (Å²) in [4.78, 5) is 4.09. The lowest BCUT2D eigenvalue weighted by atomic mass is 10.3. The Hall–Kier alpha value is -0.540. The summed E-state index contributed by atoms with van der Waals surface area (Å²) in [6.45, 7) is 0. The molecule has 2 aliphatic rings. The molecule has 0 aliphatic carbocycles. The van der Waals surface area contributed by atoms with E-state index >= 15 is 0 Å². The number of hydrogen-bond acceptors (Lipinski definition) is 1. The molecule has 0 saturated carbocycles. The lowest BCUT2D eigenvalue weighted by Gasteiger charge is -2.04. The first-order valence-electron chi connectivity index (χ1n) is 3.07. The van der Waals surface area contributed by atoms with Gasteiger partial charge in [-0.1, -0.05) is 0 Å². The van der Waals surface area contributed by atoms with Crippen LogP contribution >= 0.6 is 27.7 Å². The molecule has 0 unspecified atom stereocenters. The van der Waals surface area contributed by atoms with Gasteiger partial charge in [0.05, 0.1) is 11.4 Å². The molecule has 0 radical (unpaired) electrons. The zero-order chi connectivity index (χ0) is 7.84. The molecule has 0 fully saturated rings. The van der Waals surface area contributed by atoms with Crippen LogP contribution in [0.4, 0.5) is 0 Å². The topological polar surface area (TPSA) is 17.8 Å². The molecule has 56 valence electrons. The van der Waals surface area contributed by atoms with Gasteiger partial charge in [0.25, 0.3) is 0 Å². The predicted octanol–water partition coefficient (Wildman–Crippen LogP) is 2.75. The summed E-state index contributed by atoms with van der Waals surface area (Å²) >= 11 is 9.20. The van der Waals surface area contributed by atoms with Gasteiger partial charge in [0.2, 0.25) is 0 Å². The fourth-order valence-electron chi connectivity index (χ4n) is 0.962. The van der Waals surface area contributed by atoms with E-state index in [9.17, 15) is 0 Å². The van der Waals surface area contributed by atoms with Crippen LogP contribution < -0.4 is 0 Å². The van der Waals surface area contributed by atoms with Crippen molar-refractivity contribution >= 4 is 27.7 Å². The van der Waals surface area contributed by atoms with Gasteiger partial charge in [-0.25, -0.2) is 4.09 Å². The van der Waals surface area contributed by atoms with Crippen LogP contribution in [-0.4, -0.2) is 9.07 Å². The first-order valence-corrected chi connectivity index (χ1v) is 4.20. The Labute approximate surface area is 77.4 Å². The standard InChI is InChI=1S/C7H4BrClN2/c8-7-2-1-5-6(11(7)9)3-4-10-5/h1-4H. The molecule has 4 heteroatoms. The van der Waals surface area contributed by atoms with Gasteiger partial charge < -0.3 is 0 Å². The van der Waals surface area contributed by atoms with Gasteiger partial charge in [-0.3, -0.25) is 4.98 Å². The monoisotopic (exact) mass is 230 g/mol.